The molecule has 14 heavy (non-hydrogen) atoms. The van der Waals surface area contributed by atoms with Crippen molar-refractivity contribution in [1.82, 2.24) is 14.8 Å². The van der Waals surface area contributed by atoms with E-state index in [1.807, 2.05) is 13.8 Å². The predicted molar refractivity (Wildman–Crippen MR) is 55.8 cm³/mol. The molecule has 1 fully saturated rings. The molecule has 1 saturated heterocycles. The van der Waals surface area contributed by atoms with Crippen LogP contribution in [0.4, 0.5) is 0 Å². The van der Waals surface area contributed by atoms with E-state index in [9.17, 15) is 0 Å². The highest BCUT2D eigenvalue weighted by atomic mass is 16.5. The maximum atomic E-state index is 5.64. The van der Waals surface area contributed by atoms with Gasteiger partial charge in [-0.15, -0.1) is 0 Å². The fourth-order valence-electron chi connectivity index (χ4n) is 1.32. The van der Waals surface area contributed by atoms with E-state index in [0.29, 0.717) is 6.54 Å². The molecule has 2 rings (SSSR count). The third-order valence-corrected chi connectivity index (χ3v) is 2.21. The Bertz CT molecular complexity index is 243. The van der Waals surface area contributed by atoms with Gasteiger partial charge in [-0.3, -0.25) is 4.68 Å². The second-order valence-corrected chi connectivity index (χ2v) is 3.29. The summed E-state index contributed by atoms with van der Waals surface area (Å²) in [4.78, 5) is 3.87. The lowest BCUT2D eigenvalue weighted by atomic mass is 9.86. The Labute approximate surface area is 85.8 Å². The third kappa shape index (κ3) is 2.30. The molecule has 1 aliphatic rings. The Kier molecular flexibility index (Phi) is 4.03. The number of aromatic nitrogens is 3. The largest absolute Gasteiger partial charge is 0.380 e. The first-order chi connectivity index (χ1) is 6.85. The van der Waals surface area contributed by atoms with Gasteiger partial charge in [0, 0.05) is 13.4 Å². The molecular formula is C9H20N4O. The first-order valence-electron chi connectivity index (χ1n) is 4.95. The molecule has 0 atom stereocenters. The molecule has 5 heteroatoms. The van der Waals surface area contributed by atoms with Crippen molar-refractivity contribution in [3.8, 4) is 0 Å². The summed E-state index contributed by atoms with van der Waals surface area (Å²) in [5.74, 6) is 0. The van der Waals surface area contributed by atoms with Crippen LogP contribution >= 0.6 is 0 Å². The quantitative estimate of drug-likeness (QED) is 0.772. The smallest absolute Gasteiger partial charge is 0.137 e. The minimum Gasteiger partial charge on any atom is -0.380 e. The number of nitrogens with two attached hydrogens (primary N) is 1. The summed E-state index contributed by atoms with van der Waals surface area (Å²) in [5.41, 5.74) is 5.75. The first kappa shape index (κ1) is 11.1. The number of ether oxygens (including phenoxy) is 1. The highest BCUT2D eigenvalue weighted by Gasteiger charge is 2.37. The zero-order chi connectivity index (χ0) is 10.4. The Hall–Kier alpha value is -0.940. The molecule has 0 aromatic carbocycles. The fraction of sp³-hybridized carbons (Fsp3) is 0.778. The zero-order valence-corrected chi connectivity index (χ0v) is 8.81. The second kappa shape index (κ2) is 5.07. The van der Waals surface area contributed by atoms with Crippen LogP contribution in [0.3, 0.4) is 0 Å². The summed E-state index contributed by atoms with van der Waals surface area (Å²) in [5, 5.41) is 4.03. The van der Waals surface area contributed by atoms with Crippen LogP contribution in [0.15, 0.2) is 12.7 Å². The summed E-state index contributed by atoms with van der Waals surface area (Å²) in [6.07, 6.45) is 3.24. The summed E-state index contributed by atoms with van der Waals surface area (Å²) in [6, 6.07) is 0. The zero-order valence-electron chi connectivity index (χ0n) is 8.81. The maximum absolute atomic E-state index is 5.64. The van der Waals surface area contributed by atoms with Gasteiger partial charge >= 0.3 is 0 Å². The summed E-state index contributed by atoms with van der Waals surface area (Å²) in [7, 11) is 0. The number of hydrogen-bond donors (Lipinski definition) is 1. The molecular weight excluding hydrogens is 180 g/mol. The van der Waals surface area contributed by atoms with Crippen molar-refractivity contribution in [1.29, 1.82) is 0 Å². The van der Waals surface area contributed by atoms with Gasteiger partial charge in [-0.05, 0) is 0 Å². The van der Waals surface area contributed by atoms with Gasteiger partial charge in [0.05, 0.1) is 19.8 Å². The minimum absolute atomic E-state index is 0. The number of hydrogen-bond acceptors (Lipinski definition) is 4. The molecule has 0 saturated carbocycles. The highest BCUT2D eigenvalue weighted by molar-refractivity contribution is 4.86. The normalized spacial score (nSPS) is 17.9. The molecule has 0 bridgehead atoms. The standard InChI is InChI=1S/C7H12N4O.C2H6.H2/c8-1-7(3-12-4-7)2-11-6-9-5-10-11;1-2;/h5-6H,1-4,8H2;1-2H3;1H. The first-order valence-corrected chi connectivity index (χ1v) is 4.95. The van der Waals surface area contributed by atoms with Gasteiger partial charge in [0.25, 0.3) is 0 Å². The van der Waals surface area contributed by atoms with Crippen LogP contribution in [0.2, 0.25) is 0 Å². The molecule has 1 aromatic rings. The molecule has 0 radical (unpaired) electrons. The maximum Gasteiger partial charge on any atom is 0.137 e. The van der Waals surface area contributed by atoms with Gasteiger partial charge in [0.2, 0.25) is 0 Å². The monoisotopic (exact) mass is 200 g/mol. The van der Waals surface area contributed by atoms with Crippen molar-refractivity contribution in [3.05, 3.63) is 12.7 Å². The predicted octanol–water partition coefficient (Wildman–Crippen LogP) is 0.526. The van der Waals surface area contributed by atoms with E-state index in [2.05, 4.69) is 10.1 Å². The molecule has 1 aromatic heterocycles. The lowest BCUT2D eigenvalue weighted by molar-refractivity contribution is -0.117. The SMILES string of the molecule is CC.NCC1(Cn2cncn2)COC1.[HH]. The van der Waals surface area contributed by atoms with Crippen LogP contribution in [0.5, 0.6) is 0 Å². The molecule has 2 heterocycles. The van der Waals surface area contributed by atoms with Crippen LogP contribution in [-0.2, 0) is 11.3 Å². The van der Waals surface area contributed by atoms with Gasteiger partial charge < -0.3 is 10.5 Å². The Morgan fingerprint density at radius 1 is 1.57 bits per heavy atom. The Balaban J connectivity index is 0.000000617. The van der Waals surface area contributed by atoms with Crippen molar-refractivity contribution < 1.29 is 6.16 Å². The van der Waals surface area contributed by atoms with E-state index >= 15 is 0 Å². The van der Waals surface area contributed by atoms with Gasteiger partial charge in [-0.1, -0.05) is 13.8 Å². The number of rotatable bonds is 3. The number of nitrogens with zero attached hydrogens (tertiary/aromatic N) is 3. The minimum atomic E-state index is 0. The van der Waals surface area contributed by atoms with Crippen LogP contribution in [0, 0.1) is 5.41 Å². The lowest BCUT2D eigenvalue weighted by Crippen LogP contribution is -2.51. The van der Waals surface area contributed by atoms with Crippen molar-refractivity contribution in [2.45, 2.75) is 20.4 Å². The molecule has 5 nitrogen and oxygen atoms in total. The van der Waals surface area contributed by atoms with Crippen molar-refractivity contribution in [2.75, 3.05) is 19.8 Å². The van der Waals surface area contributed by atoms with E-state index in [1.165, 1.54) is 6.33 Å². The highest BCUT2D eigenvalue weighted by Crippen LogP contribution is 2.27. The van der Waals surface area contributed by atoms with Crippen molar-refractivity contribution >= 4 is 0 Å². The average molecular weight is 200 g/mol. The van der Waals surface area contributed by atoms with Crippen LogP contribution in [0.1, 0.15) is 15.3 Å². The summed E-state index contributed by atoms with van der Waals surface area (Å²) in [6.45, 7) is 6.93. The summed E-state index contributed by atoms with van der Waals surface area (Å²) >= 11 is 0. The van der Waals surface area contributed by atoms with Gasteiger partial charge in [-0.2, -0.15) is 5.10 Å². The van der Waals surface area contributed by atoms with Crippen molar-refractivity contribution in [2.24, 2.45) is 11.1 Å². The van der Waals surface area contributed by atoms with Gasteiger partial charge in [0.1, 0.15) is 12.7 Å². The molecule has 0 amide bonds. The van der Waals surface area contributed by atoms with Gasteiger partial charge in [-0.25, -0.2) is 4.98 Å². The Morgan fingerprint density at radius 2 is 2.29 bits per heavy atom. The lowest BCUT2D eigenvalue weighted by Gasteiger charge is -2.40. The van der Waals surface area contributed by atoms with E-state index in [4.69, 9.17) is 10.5 Å². The molecule has 0 unspecified atom stereocenters. The molecule has 1 aliphatic heterocycles. The second-order valence-electron chi connectivity index (χ2n) is 3.29. The molecule has 0 aliphatic carbocycles. The third-order valence-electron chi connectivity index (χ3n) is 2.21. The van der Waals surface area contributed by atoms with E-state index < -0.39 is 0 Å². The fourth-order valence-corrected chi connectivity index (χ4v) is 1.32. The molecule has 0 spiro atoms. The van der Waals surface area contributed by atoms with Crippen LogP contribution < -0.4 is 5.73 Å². The topological polar surface area (TPSA) is 66.0 Å². The molecule has 82 valence electrons. The molecule has 2 N–H and O–H groups in total. The van der Waals surface area contributed by atoms with Crippen LogP contribution in [0.25, 0.3) is 0 Å². The van der Waals surface area contributed by atoms with Gasteiger partial charge in [0.15, 0.2) is 0 Å². The van der Waals surface area contributed by atoms with Crippen LogP contribution in [-0.4, -0.2) is 34.5 Å². The van der Waals surface area contributed by atoms with E-state index in [-0.39, 0.29) is 6.84 Å². The average Bonchev–Trinajstić information content (AvgIpc) is 2.67. The van der Waals surface area contributed by atoms with E-state index in [1.54, 1.807) is 11.0 Å². The van der Waals surface area contributed by atoms with E-state index in [0.717, 1.165) is 19.8 Å². The van der Waals surface area contributed by atoms with Crippen molar-refractivity contribution in [3.63, 3.8) is 0 Å². The summed E-state index contributed by atoms with van der Waals surface area (Å²) < 4.78 is 6.94. The Morgan fingerprint density at radius 3 is 2.64 bits per heavy atom.